The molecule has 0 fully saturated rings. The fourth-order valence-corrected chi connectivity index (χ4v) is 2.23. The van der Waals surface area contributed by atoms with Crippen molar-refractivity contribution in [3.05, 3.63) is 35.7 Å². The van der Waals surface area contributed by atoms with Crippen LogP contribution in [0.15, 0.2) is 28.8 Å². The van der Waals surface area contributed by atoms with Crippen LogP contribution in [-0.4, -0.2) is 33.8 Å². The number of nitrogens with one attached hydrogen (secondary N) is 1. The third-order valence-corrected chi connectivity index (χ3v) is 3.49. The van der Waals surface area contributed by atoms with Crippen LogP contribution in [0.1, 0.15) is 36.5 Å². The average Bonchev–Trinajstić information content (AvgIpc) is 2.93. The molecule has 6 nitrogen and oxygen atoms in total. The Hall–Kier alpha value is -2.21. The predicted octanol–water partition coefficient (Wildman–Crippen LogP) is 2.18. The minimum atomic E-state index is -0.210. The maximum Gasteiger partial charge on any atom is 0.258 e. The lowest BCUT2D eigenvalue weighted by Gasteiger charge is -2.22. The smallest absolute Gasteiger partial charge is 0.258 e. The van der Waals surface area contributed by atoms with E-state index in [1.807, 2.05) is 19.9 Å². The molecule has 118 valence electrons. The zero-order chi connectivity index (χ0) is 16.1. The van der Waals surface area contributed by atoms with Crippen molar-refractivity contribution in [1.82, 2.24) is 15.5 Å². The van der Waals surface area contributed by atoms with E-state index in [9.17, 15) is 4.79 Å². The van der Waals surface area contributed by atoms with Crippen molar-refractivity contribution >= 4 is 5.91 Å². The van der Waals surface area contributed by atoms with Gasteiger partial charge in [-0.05, 0) is 31.4 Å². The highest BCUT2D eigenvalue weighted by atomic mass is 16.5. The molecule has 0 aliphatic carbocycles. The third kappa shape index (κ3) is 3.71. The topological polar surface area (TPSA) is 88.2 Å². The van der Waals surface area contributed by atoms with Crippen molar-refractivity contribution in [2.75, 3.05) is 6.61 Å². The van der Waals surface area contributed by atoms with Crippen LogP contribution in [0.3, 0.4) is 0 Å². The van der Waals surface area contributed by atoms with Crippen LogP contribution in [0.5, 0.6) is 0 Å². The van der Waals surface area contributed by atoms with Crippen LogP contribution in [0.2, 0.25) is 0 Å². The number of aliphatic hydroxyl groups is 1. The SMILES string of the molecule is Cc1noc(-c2ccccc2C(=O)NC(CCO)C(C)C)n1. The van der Waals surface area contributed by atoms with Crippen molar-refractivity contribution in [3.8, 4) is 11.5 Å². The summed E-state index contributed by atoms with van der Waals surface area (Å²) in [5.41, 5.74) is 1.09. The van der Waals surface area contributed by atoms with Gasteiger partial charge in [-0.25, -0.2) is 0 Å². The van der Waals surface area contributed by atoms with Gasteiger partial charge in [0.15, 0.2) is 5.82 Å². The summed E-state index contributed by atoms with van der Waals surface area (Å²) in [7, 11) is 0. The van der Waals surface area contributed by atoms with Gasteiger partial charge in [-0.1, -0.05) is 31.1 Å². The number of rotatable bonds is 6. The number of aryl methyl sites for hydroxylation is 1. The normalized spacial score (nSPS) is 12.4. The second-order valence-electron chi connectivity index (χ2n) is 5.53. The highest BCUT2D eigenvalue weighted by Gasteiger charge is 2.20. The summed E-state index contributed by atoms with van der Waals surface area (Å²) >= 11 is 0. The second-order valence-corrected chi connectivity index (χ2v) is 5.53. The first-order chi connectivity index (χ1) is 10.5. The molecule has 0 saturated carbocycles. The molecule has 0 aliphatic heterocycles. The molecule has 0 saturated heterocycles. The molecule has 2 aromatic rings. The van der Waals surface area contributed by atoms with Gasteiger partial charge in [0.2, 0.25) is 0 Å². The summed E-state index contributed by atoms with van der Waals surface area (Å²) in [4.78, 5) is 16.7. The van der Waals surface area contributed by atoms with Crippen LogP contribution in [0.4, 0.5) is 0 Å². The van der Waals surface area contributed by atoms with E-state index < -0.39 is 0 Å². The molecule has 2 N–H and O–H groups in total. The Morgan fingerprint density at radius 3 is 2.68 bits per heavy atom. The molecule has 1 unspecified atom stereocenters. The van der Waals surface area contributed by atoms with E-state index in [-0.39, 0.29) is 24.5 Å². The zero-order valence-corrected chi connectivity index (χ0v) is 13.0. The van der Waals surface area contributed by atoms with E-state index in [4.69, 9.17) is 9.63 Å². The number of aromatic nitrogens is 2. The number of carbonyl (C=O) groups is 1. The van der Waals surface area contributed by atoms with Gasteiger partial charge >= 0.3 is 0 Å². The highest BCUT2D eigenvalue weighted by Crippen LogP contribution is 2.22. The summed E-state index contributed by atoms with van der Waals surface area (Å²) < 4.78 is 5.16. The Balaban J connectivity index is 2.26. The monoisotopic (exact) mass is 303 g/mol. The van der Waals surface area contributed by atoms with Crippen molar-refractivity contribution in [1.29, 1.82) is 0 Å². The maximum atomic E-state index is 12.6. The van der Waals surface area contributed by atoms with Gasteiger partial charge in [0.1, 0.15) is 0 Å². The Kier molecular flexibility index (Phi) is 5.27. The van der Waals surface area contributed by atoms with Gasteiger partial charge in [-0.15, -0.1) is 0 Å². The molecule has 22 heavy (non-hydrogen) atoms. The van der Waals surface area contributed by atoms with E-state index in [0.717, 1.165) is 0 Å². The van der Waals surface area contributed by atoms with Gasteiger partial charge in [0, 0.05) is 12.6 Å². The number of hydrogen-bond donors (Lipinski definition) is 2. The van der Waals surface area contributed by atoms with Gasteiger partial charge in [-0.2, -0.15) is 4.98 Å². The van der Waals surface area contributed by atoms with Crippen molar-refractivity contribution in [2.24, 2.45) is 5.92 Å². The molecule has 2 rings (SSSR count). The van der Waals surface area contributed by atoms with Gasteiger partial charge in [-0.3, -0.25) is 4.79 Å². The van der Waals surface area contributed by atoms with E-state index in [1.54, 1.807) is 25.1 Å². The molecular formula is C16H21N3O3. The third-order valence-electron chi connectivity index (χ3n) is 3.49. The summed E-state index contributed by atoms with van der Waals surface area (Å²) in [5, 5.41) is 15.8. The first-order valence-corrected chi connectivity index (χ1v) is 7.34. The van der Waals surface area contributed by atoms with Crippen molar-refractivity contribution in [3.63, 3.8) is 0 Å². The Morgan fingerprint density at radius 2 is 2.09 bits per heavy atom. The van der Waals surface area contributed by atoms with Crippen LogP contribution >= 0.6 is 0 Å². The average molecular weight is 303 g/mol. The zero-order valence-electron chi connectivity index (χ0n) is 13.0. The molecule has 1 atom stereocenters. The quantitative estimate of drug-likeness (QED) is 0.854. The number of aliphatic hydroxyl groups excluding tert-OH is 1. The lowest BCUT2D eigenvalue weighted by Crippen LogP contribution is -2.39. The molecule has 1 aromatic carbocycles. The first kappa shape index (κ1) is 16.2. The fourth-order valence-electron chi connectivity index (χ4n) is 2.23. The lowest BCUT2D eigenvalue weighted by molar-refractivity contribution is 0.0917. The standard InChI is InChI=1S/C16H21N3O3/c1-10(2)14(8-9-20)18-15(21)12-6-4-5-7-13(12)16-17-11(3)19-22-16/h4-7,10,14,20H,8-9H2,1-3H3,(H,18,21). The number of carbonyl (C=O) groups excluding carboxylic acids is 1. The van der Waals surface area contributed by atoms with Crippen LogP contribution < -0.4 is 5.32 Å². The predicted molar refractivity (Wildman–Crippen MR) is 82.3 cm³/mol. The van der Waals surface area contributed by atoms with E-state index in [1.165, 1.54) is 0 Å². The summed E-state index contributed by atoms with van der Waals surface area (Å²) in [6.07, 6.45) is 0.519. The molecule has 6 heteroatoms. The van der Waals surface area contributed by atoms with E-state index >= 15 is 0 Å². The molecule has 0 radical (unpaired) electrons. The fraction of sp³-hybridized carbons (Fsp3) is 0.438. The Labute approximate surface area is 129 Å². The molecule has 0 aliphatic rings. The van der Waals surface area contributed by atoms with Crippen LogP contribution in [0.25, 0.3) is 11.5 Å². The summed E-state index contributed by atoms with van der Waals surface area (Å²) in [5.74, 6) is 0.865. The number of nitrogens with zero attached hydrogens (tertiary/aromatic N) is 2. The number of amides is 1. The van der Waals surface area contributed by atoms with Crippen LogP contribution in [-0.2, 0) is 0 Å². The van der Waals surface area contributed by atoms with E-state index in [0.29, 0.717) is 29.3 Å². The summed E-state index contributed by atoms with van der Waals surface area (Å²) in [6, 6.07) is 7.02. The highest BCUT2D eigenvalue weighted by molar-refractivity contribution is 6.00. The number of hydrogen-bond acceptors (Lipinski definition) is 5. The molecule has 0 spiro atoms. The molecule has 1 amide bonds. The van der Waals surface area contributed by atoms with Crippen LogP contribution in [0, 0.1) is 12.8 Å². The van der Waals surface area contributed by atoms with Gasteiger partial charge in [0.05, 0.1) is 11.1 Å². The molecule has 0 bridgehead atoms. The second kappa shape index (κ2) is 7.17. The van der Waals surface area contributed by atoms with Crippen molar-refractivity contribution < 1.29 is 14.4 Å². The Bertz CT molecular complexity index is 637. The van der Waals surface area contributed by atoms with Gasteiger partial charge in [0.25, 0.3) is 11.8 Å². The minimum Gasteiger partial charge on any atom is -0.396 e. The Morgan fingerprint density at radius 1 is 1.36 bits per heavy atom. The molecule has 1 aromatic heterocycles. The maximum absolute atomic E-state index is 12.6. The lowest BCUT2D eigenvalue weighted by atomic mass is 10.00. The molecular weight excluding hydrogens is 282 g/mol. The van der Waals surface area contributed by atoms with Crippen molar-refractivity contribution in [2.45, 2.75) is 33.2 Å². The first-order valence-electron chi connectivity index (χ1n) is 7.34. The largest absolute Gasteiger partial charge is 0.396 e. The van der Waals surface area contributed by atoms with E-state index in [2.05, 4.69) is 15.5 Å². The van der Waals surface area contributed by atoms with Gasteiger partial charge < -0.3 is 14.9 Å². The molecule has 1 heterocycles. The summed E-state index contributed by atoms with van der Waals surface area (Å²) in [6.45, 7) is 5.78. The minimum absolute atomic E-state index is 0.0353. The number of benzene rings is 1.